The van der Waals surface area contributed by atoms with Crippen LogP contribution in [0.5, 0.6) is 5.75 Å². The summed E-state index contributed by atoms with van der Waals surface area (Å²) in [7, 11) is 0. The number of piperazine rings is 1. The summed E-state index contributed by atoms with van der Waals surface area (Å²) in [6.45, 7) is 10.6. The highest BCUT2D eigenvalue weighted by Crippen LogP contribution is 2.26. The van der Waals surface area contributed by atoms with Crippen LogP contribution in [0.2, 0.25) is 0 Å². The molecule has 0 N–H and O–H groups in total. The van der Waals surface area contributed by atoms with E-state index in [1.54, 1.807) is 6.07 Å². The third-order valence-electron chi connectivity index (χ3n) is 5.55. The summed E-state index contributed by atoms with van der Waals surface area (Å²) in [5.41, 5.74) is 3.87. The van der Waals surface area contributed by atoms with Crippen molar-refractivity contribution in [2.24, 2.45) is 0 Å². The van der Waals surface area contributed by atoms with E-state index in [1.807, 2.05) is 25.1 Å². The fraction of sp³-hybridized carbons (Fsp3) is 0.375. The second-order valence-electron chi connectivity index (χ2n) is 7.80. The van der Waals surface area contributed by atoms with Crippen LogP contribution < -0.4 is 15.3 Å². The number of nitrogens with zero attached hydrogens (tertiary/aromatic N) is 2. The molecule has 2 aromatic carbocycles. The van der Waals surface area contributed by atoms with E-state index in [9.17, 15) is 4.79 Å². The Morgan fingerprint density at radius 1 is 1.14 bits per heavy atom. The van der Waals surface area contributed by atoms with E-state index in [4.69, 9.17) is 9.15 Å². The molecule has 1 aromatic heterocycles. The summed E-state index contributed by atoms with van der Waals surface area (Å²) in [6, 6.07) is 16.4. The Morgan fingerprint density at radius 3 is 2.76 bits per heavy atom. The lowest BCUT2D eigenvalue weighted by molar-refractivity contribution is 0.221. The molecular weight excluding hydrogens is 364 g/mol. The number of hydrogen-bond acceptors (Lipinski definition) is 5. The zero-order chi connectivity index (χ0) is 20.4. The Labute approximate surface area is 171 Å². The van der Waals surface area contributed by atoms with Gasteiger partial charge in [0.15, 0.2) is 0 Å². The van der Waals surface area contributed by atoms with E-state index in [-0.39, 0.29) is 5.63 Å². The van der Waals surface area contributed by atoms with Gasteiger partial charge in [0, 0.05) is 49.4 Å². The van der Waals surface area contributed by atoms with E-state index in [0.717, 1.165) is 42.9 Å². The van der Waals surface area contributed by atoms with Crippen molar-refractivity contribution in [1.82, 2.24) is 4.90 Å². The highest BCUT2D eigenvalue weighted by atomic mass is 16.5. The summed E-state index contributed by atoms with van der Waals surface area (Å²) in [4.78, 5) is 16.9. The van der Waals surface area contributed by atoms with Crippen LogP contribution in [0.25, 0.3) is 11.0 Å². The molecule has 29 heavy (non-hydrogen) atoms. The number of hydrogen-bond donors (Lipinski definition) is 0. The molecule has 0 radical (unpaired) electrons. The number of ether oxygens (including phenoxy) is 1. The zero-order valence-electron chi connectivity index (χ0n) is 17.4. The first-order valence-electron chi connectivity index (χ1n) is 10.3. The van der Waals surface area contributed by atoms with Crippen LogP contribution in [-0.2, 0) is 6.54 Å². The zero-order valence-corrected chi connectivity index (χ0v) is 17.4. The molecule has 0 aliphatic carbocycles. The van der Waals surface area contributed by atoms with E-state index in [1.165, 1.54) is 11.3 Å². The Kier molecular flexibility index (Phi) is 5.58. The van der Waals surface area contributed by atoms with Crippen LogP contribution in [0.4, 0.5) is 5.69 Å². The van der Waals surface area contributed by atoms with E-state index < -0.39 is 0 Å². The van der Waals surface area contributed by atoms with Crippen molar-refractivity contribution < 1.29 is 9.15 Å². The molecule has 4 rings (SSSR count). The van der Waals surface area contributed by atoms with Crippen molar-refractivity contribution in [2.75, 3.05) is 31.1 Å². The Balaban J connectivity index is 1.55. The number of anilines is 1. The van der Waals surface area contributed by atoms with Gasteiger partial charge in [-0.1, -0.05) is 12.1 Å². The van der Waals surface area contributed by atoms with E-state index in [2.05, 4.69) is 47.9 Å². The minimum absolute atomic E-state index is 0.303. The average Bonchev–Trinajstić information content (AvgIpc) is 2.69. The van der Waals surface area contributed by atoms with Gasteiger partial charge in [-0.15, -0.1) is 0 Å². The number of aryl methyl sites for hydroxylation is 1. The molecule has 0 saturated carbocycles. The van der Waals surface area contributed by atoms with Gasteiger partial charge in [0.1, 0.15) is 11.3 Å². The highest BCUT2D eigenvalue weighted by Gasteiger charge is 2.24. The molecular formula is C24H28N2O3. The summed E-state index contributed by atoms with van der Waals surface area (Å²) in [5, 5.41) is 0.948. The van der Waals surface area contributed by atoms with Crippen molar-refractivity contribution in [2.45, 2.75) is 33.4 Å². The first-order valence-corrected chi connectivity index (χ1v) is 10.3. The molecule has 0 amide bonds. The standard InChI is InChI=1S/C24H28N2O3/c1-4-28-21-8-9-23-22(14-21)19(13-24(27)29-23)16-25-10-11-26(18(3)15-25)20-7-5-6-17(2)12-20/h5-9,12-14,18H,4,10-11,15-16H2,1-3H3/t18-/m1/s1. The van der Waals surface area contributed by atoms with Gasteiger partial charge in [0.2, 0.25) is 0 Å². The predicted octanol–water partition coefficient (Wildman–Crippen LogP) is 4.21. The number of rotatable bonds is 5. The topological polar surface area (TPSA) is 45.9 Å². The molecule has 1 fully saturated rings. The van der Waals surface area contributed by atoms with Crippen LogP contribution in [0, 0.1) is 6.92 Å². The maximum Gasteiger partial charge on any atom is 0.336 e. The average molecular weight is 392 g/mol. The van der Waals surface area contributed by atoms with Gasteiger partial charge in [0.05, 0.1) is 6.61 Å². The smallest absolute Gasteiger partial charge is 0.336 e. The summed E-state index contributed by atoms with van der Waals surface area (Å²) in [6.07, 6.45) is 0. The van der Waals surface area contributed by atoms with E-state index >= 15 is 0 Å². The monoisotopic (exact) mass is 392 g/mol. The molecule has 1 saturated heterocycles. The second kappa shape index (κ2) is 8.29. The maximum atomic E-state index is 12.1. The molecule has 152 valence electrons. The van der Waals surface area contributed by atoms with Crippen LogP contribution in [0.3, 0.4) is 0 Å². The molecule has 3 aromatic rings. The second-order valence-corrected chi connectivity index (χ2v) is 7.80. The third-order valence-corrected chi connectivity index (χ3v) is 5.55. The quantitative estimate of drug-likeness (QED) is 0.609. The largest absolute Gasteiger partial charge is 0.494 e. The fourth-order valence-corrected chi connectivity index (χ4v) is 4.20. The molecule has 1 aliphatic heterocycles. The van der Waals surface area contributed by atoms with Gasteiger partial charge in [-0.05, 0) is 62.2 Å². The highest BCUT2D eigenvalue weighted by molar-refractivity contribution is 5.81. The van der Waals surface area contributed by atoms with Gasteiger partial charge in [0.25, 0.3) is 0 Å². The fourth-order valence-electron chi connectivity index (χ4n) is 4.20. The first-order chi connectivity index (χ1) is 14.0. The molecule has 2 heterocycles. The van der Waals surface area contributed by atoms with Crippen molar-refractivity contribution in [3.8, 4) is 5.75 Å². The molecule has 1 aliphatic rings. The van der Waals surface area contributed by atoms with E-state index in [0.29, 0.717) is 18.2 Å². The minimum Gasteiger partial charge on any atom is -0.494 e. The lowest BCUT2D eigenvalue weighted by Crippen LogP contribution is -2.51. The maximum absolute atomic E-state index is 12.1. The lowest BCUT2D eigenvalue weighted by atomic mass is 10.1. The van der Waals surface area contributed by atoms with Gasteiger partial charge in [-0.3, -0.25) is 4.90 Å². The van der Waals surface area contributed by atoms with Gasteiger partial charge >= 0.3 is 5.63 Å². The number of fused-ring (bicyclic) bond motifs is 1. The van der Waals surface area contributed by atoms with Crippen molar-refractivity contribution in [3.63, 3.8) is 0 Å². The molecule has 5 nitrogen and oxygen atoms in total. The molecule has 1 atom stereocenters. The molecule has 0 unspecified atom stereocenters. The Morgan fingerprint density at radius 2 is 2.00 bits per heavy atom. The van der Waals surface area contributed by atoms with Gasteiger partial charge in [-0.25, -0.2) is 4.79 Å². The third kappa shape index (κ3) is 4.30. The normalized spacial score (nSPS) is 17.6. The molecule has 0 bridgehead atoms. The summed E-state index contributed by atoms with van der Waals surface area (Å²) in [5.74, 6) is 0.799. The van der Waals surface area contributed by atoms with Crippen molar-refractivity contribution in [1.29, 1.82) is 0 Å². The van der Waals surface area contributed by atoms with Crippen LogP contribution >= 0.6 is 0 Å². The molecule has 5 heteroatoms. The number of benzene rings is 2. The van der Waals surface area contributed by atoms with Gasteiger partial charge < -0.3 is 14.1 Å². The summed E-state index contributed by atoms with van der Waals surface area (Å²) >= 11 is 0. The van der Waals surface area contributed by atoms with Crippen LogP contribution in [0.15, 0.2) is 57.7 Å². The summed E-state index contributed by atoms with van der Waals surface area (Å²) < 4.78 is 11.0. The van der Waals surface area contributed by atoms with Gasteiger partial charge in [-0.2, -0.15) is 0 Å². The predicted molar refractivity (Wildman–Crippen MR) is 117 cm³/mol. The lowest BCUT2D eigenvalue weighted by Gasteiger charge is -2.41. The van der Waals surface area contributed by atoms with Crippen molar-refractivity contribution >= 4 is 16.7 Å². The Hall–Kier alpha value is -2.79. The van der Waals surface area contributed by atoms with Crippen molar-refractivity contribution in [3.05, 3.63) is 70.1 Å². The van der Waals surface area contributed by atoms with Crippen LogP contribution in [0.1, 0.15) is 25.0 Å². The SMILES string of the molecule is CCOc1ccc2oc(=O)cc(CN3CCN(c4cccc(C)c4)[C@H](C)C3)c2c1. The Bertz CT molecular complexity index is 1060. The minimum atomic E-state index is -0.303. The van der Waals surface area contributed by atoms with Crippen LogP contribution in [-0.4, -0.2) is 37.2 Å². The molecule has 0 spiro atoms. The first kappa shape index (κ1) is 19.5.